The Morgan fingerprint density at radius 3 is 1.26 bits per heavy atom. The molecule has 14 aromatic rings. The highest BCUT2D eigenvalue weighted by Crippen LogP contribution is 2.65. The number of benzene rings is 12. The standard InChI is InChI=1S/C73H52N2O2Si/c1-45-27-31-48(32-28-45)74(65-23-13-19-61-57-17-7-11-25-67(57)76-71(61)65)50-35-41-53-46(43-50)29-39-59-60-40-30-47-44-51(36-42-54(47)70(60)73(69(53)59)63-21-9-5-15-55(63)56-16-6-10-22-64(56)73)75(49-33-37-52(38-34-49)78(2,3)4)66-24-14-20-62-58-18-8-12-26-68(58)77-72(62)66/h5-44H,1-4H3. The summed E-state index contributed by atoms with van der Waals surface area (Å²) in [6.07, 6.45) is 0. The molecule has 0 aliphatic heterocycles. The Balaban J connectivity index is 0.921. The van der Waals surface area contributed by atoms with Crippen LogP contribution in [0.5, 0.6) is 0 Å². The third-order valence-corrected chi connectivity index (χ3v) is 19.1. The topological polar surface area (TPSA) is 32.8 Å². The van der Waals surface area contributed by atoms with Gasteiger partial charge in [0.2, 0.25) is 0 Å². The van der Waals surface area contributed by atoms with Gasteiger partial charge in [-0.25, -0.2) is 0 Å². The summed E-state index contributed by atoms with van der Waals surface area (Å²) in [4.78, 5) is 4.76. The maximum Gasteiger partial charge on any atom is 0.159 e. The van der Waals surface area contributed by atoms with Gasteiger partial charge in [0.25, 0.3) is 0 Å². The molecule has 0 bridgehead atoms. The normalized spacial score (nSPS) is 13.2. The minimum absolute atomic E-state index is 0.608. The van der Waals surface area contributed by atoms with Crippen molar-refractivity contribution < 1.29 is 8.83 Å². The molecule has 2 aromatic heterocycles. The fourth-order valence-electron chi connectivity index (χ4n) is 13.5. The predicted molar refractivity (Wildman–Crippen MR) is 329 cm³/mol. The van der Waals surface area contributed by atoms with E-state index < -0.39 is 13.5 Å². The van der Waals surface area contributed by atoms with Crippen molar-refractivity contribution in [2.75, 3.05) is 9.80 Å². The fourth-order valence-corrected chi connectivity index (χ4v) is 14.7. The van der Waals surface area contributed by atoms with Crippen LogP contribution in [-0.4, -0.2) is 8.07 Å². The first-order chi connectivity index (χ1) is 38.2. The molecule has 78 heavy (non-hydrogen) atoms. The Hall–Kier alpha value is -9.42. The lowest BCUT2D eigenvalue weighted by atomic mass is 9.68. The summed E-state index contributed by atoms with van der Waals surface area (Å²) >= 11 is 0. The smallest absolute Gasteiger partial charge is 0.159 e. The second-order valence-corrected chi connectivity index (χ2v) is 27.5. The second-order valence-electron chi connectivity index (χ2n) is 22.4. The van der Waals surface area contributed by atoms with Crippen LogP contribution in [0.15, 0.2) is 251 Å². The number of para-hydroxylation sites is 4. The van der Waals surface area contributed by atoms with Crippen molar-refractivity contribution in [3.05, 3.63) is 270 Å². The summed E-state index contributed by atoms with van der Waals surface area (Å²) in [6.45, 7) is 9.38. The van der Waals surface area contributed by atoms with Gasteiger partial charge in [0.15, 0.2) is 11.2 Å². The summed E-state index contributed by atoms with van der Waals surface area (Å²) < 4.78 is 13.5. The van der Waals surface area contributed by atoms with Crippen LogP contribution in [0.3, 0.4) is 0 Å². The average Bonchev–Trinajstić information content (AvgIpc) is 2.67. The number of hydrogen-bond donors (Lipinski definition) is 0. The SMILES string of the molecule is Cc1ccc(N(c2ccc3c4c(ccc3c2)-c2ccc3cc(N(c5ccc([Si](C)(C)C)cc5)c5cccc6c5oc5ccccc56)ccc3c2C42c3ccccc3-c3ccccc32)c2cccc3c2oc2ccccc23)cc1. The van der Waals surface area contributed by atoms with Crippen LogP contribution in [0.1, 0.15) is 27.8 Å². The van der Waals surface area contributed by atoms with Crippen molar-refractivity contribution in [3.8, 4) is 22.3 Å². The Bertz CT molecular complexity index is 4760. The monoisotopic (exact) mass is 1020 g/mol. The Morgan fingerprint density at radius 1 is 0.346 bits per heavy atom. The molecule has 0 saturated heterocycles. The van der Waals surface area contributed by atoms with Gasteiger partial charge in [-0.15, -0.1) is 0 Å². The van der Waals surface area contributed by atoms with Gasteiger partial charge in [-0.05, 0) is 146 Å². The molecule has 2 aliphatic carbocycles. The maximum atomic E-state index is 6.79. The van der Waals surface area contributed by atoms with Crippen LogP contribution in [-0.2, 0) is 5.41 Å². The molecule has 370 valence electrons. The van der Waals surface area contributed by atoms with Crippen molar-refractivity contribution >= 4 is 113 Å². The van der Waals surface area contributed by atoms with E-state index in [9.17, 15) is 0 Å². The van der Waals surface area contributed by atoms with Crippen LogP contribution in [0.4, 0.5) is 34.1 Å². The molecule has 0 amide bonds. The number of anilines is 6. The van der Waals surface area contributed by atoms with Gasteiger partial charge >= 0.3 is 0 Å². The quantitative estimate of drug-likeness (QED) is 0.149. The molecule has 0 radical (unpaired) electrons. The summed E-state index contributed by atoms with van der Waals surface area (Å²) in [5.74, 6) is 0. The van der Waals surface area contributed by atoms with Crippen LogP contribution in [0.2, 0.25) is 19.6 Å². The van der Waals surface area contributed by atoms with Crippen LogP contribution in [0.25, 0.3) is 87.7 Å². The van der Waals surface area contributed by atoms with Crippen molar-refractivity contribution in [2.45, 2.75) is 32.0 Å². The van der Waals surface area contributed by atoms with E-state index in [0.717, 1.165) is 78.0 Å². The average molecular weight is 1020 g/mol. The molecule has 5 heteroatoms. The third kappa shape index (κ3) is 6.34. The van der Waals surface area contributed by atoms with E-state index in [4.69, 9.17) is 8.83 Å². The molecule has 12 aromatic carbocycles. The van der Waals surface area contributed by atoms with E-state index in [0.29, 0.717) is 0 Å². The van der Waals surface area contributed by atoms with Gasteiger partial charge < -0.3 is 18.6 Å². The van der Waals surface area contributed by atoms with Crippen molar-refractivity contribution in [1.82, 2.24) is 0 Å². The van der Waals surface area contributed by atoms with Crippen molar-refractivity contribution in [3.63, 3.8) is 0 Å². The zero-order chi connectivity index (χ0) is 52.0. The molecule has 16 rings (SSSR count). The van der Waals surface area contributed by atoms with Gasteiger partial charge in [-0.2, -0.15) is 0 Å². The van der Waals surface area contributed by atoms with E-state index in [1.54, 1.807) is 0 Å². The van der Waals surface area contributed by atoms with E-state index in [2.05, 4.69) is 273 Å². The van der Waals surface area contributed by atoms with E-state index in [1.165, 1.54) is 76.8 Å². The van der Waals surface area contributed by atoms with Gasteiger partial charge in [-0.1, -0.05) is 200 Å². The Kier molecular flexibility index (Phi) is 9.51. The predicted octanol–water partition coefficient (Wildman–Crippen LogP) is 19.9. The molecule has 1 spiro atoms. The number of furan rings is 2. The molecule has 2 heterocycles. The van der Waals surface area contributed by atoms with Gasteiger partial charge in [-0.3, -0.25) is 0 Å². The first-order valence-corrected chi connectivity index (χ1v) is 30.6. The van der Waals surface area contributed by atoms with Crippen LogP contribution in [0, 0.1) is 6.92 Å². The van der Waals surface area contributed by atoms with Crippen molar-refractivity contribution in [2.24, 2.45) is 0 Å². The summed E-state index contributed by atoms with van der Waals surface area (Å²) in [6, 6.07) is 90.0. The van der Waals surface area contributed by atoms with Crippen LogP contribution < -0.4 is 15.0 Å². The first kappa shape index (κ1) is 44.8. The van der Waals surface area contributed by atoms with E-state index in [-0.39, 0.29) is 0 Å². The minimum Gasteiger partial charge on any atom is -0.454 e. The lowest BCUT2D eigenvalue weighted by Gasteiger charge is -2.33. The molecule has 0 fully saturated rings. The number of rotatable bonds is 7. The number of aryl methyl sites for hydroxylation is 1. The lowest BCUT2D eigenvalue weighted by Crippen LogP contribution is -2.37. The molecule has 0 unspecified atom stereocenters. The van der Waals surface area contributed by atoms with Gasteiger partial charge in [0.05, 0.1) is 24.9 Å². The Labute approximate surface area is 453 Å². The Morgan fingerprint density at radius 2 is 0.769 bits per heavy atom. The zero-order valence-corrected chi connectivity index (χ0v) is 44.8. The molecule has 4 nitrogen and oxygen atoms in total. The first-order valence-electron chi connectivity index (χ1n) is 27.1. The molecule has 0 N–H and O–H groups in total. The largest absolute Gasteiger partial charge is 0.454 e. The molecular weight excluding hydrogens is 965 g/mol. The second kappa shape index (κ2) is 16.5. The highest BCUT2D eigenvalue weighted by Gasteiger charge is 2.53. The number of fused-ring (bicyclic) bond motifs is 20. The third-order valence-electron chi connectivity index (χ3n) is 17.0. The van der Waals surface area contributed by atoms with Gasteiger partial charge in [0.1, 0.15) is 11.2 Å². The van der Waals surface area contributed by atoms with Crippen LogP contribution >= 0.6 is 0 Å². The summed E-state index contributed by atoms with van der Waals surface area (Å²) in [5, 5.41) is 10.7. The highest BCUT2D eigenvalue weighted by atomic mass is 28.3. The number of nitrogens with zero attached hydrogens (tertiary/aromatic N) is 2. The van der Waals surface area contributed by atoms with E-state index in [1.807, 2.05) is 6.07 Å². The fraction of sp³-hybridized carbons (Fsp3) is 0.0685. The maximum absolute atomic E-state index is 6.79. The molecule has 2 aliphatic rings. The molecule has 0 atom stereocenters. The number of hydrogen-bond acceptors (Lipinski definition) is 4. The summed E-state index contributed by atoms with van der Waals surface area (Å²) in [5.41, 5.74) is 20.8. The molecule has 0 saturated carbocycles. The van der Waals surface area contributed by atoms with Crippen molar-refractivity contribution in [1.29, 1.82) is 0 Å². The minimum atomic E-state index is -1.57. The van der Waals surface area contributed by atoms with Gasteiger partial charge in [0, 0.05) is 44.3 Å². The summed E-state index contributed by atoms with van der Waals surface area (Å²) in [7, 11) is -1.57. The lowest BCUT2D eigenvalue weighted by molar-refractivity contribution is 0.668. The zero-order valence-electron chi connectivity index (χ0n) is 43.8. The van der Waals surface area contributed by atoms with E-state index >= 15 is 0 Å². The molecular formula is C73H52N2O2Si. The highest BCUT2D eigenvalue weighted by molar-refractivity contribution is 6.88.